The van der Waals surface area contributed by atoms with E-state index in [9.17, 15) is 25.2 Å². The monoisotopic (exact) mass is 474 g/mol. The molecule has 4 N–H and O–H groups in total. The van der Waals surface area contributed by atoms with E-state index in [-0.39, 0.29) is 47.2 Å². The first-order valence-electron chi connectivity index (χ1n) is 13.4. The normalized spacial score (nSPS) is 51.8. The molecule has 4 fully saturated rings. The third kappa shape index (κ3) is 3.52. The predicted octanol–water partition coefficient (Wildman–Crippen LogP) is 3.89. The zero-order valence-electron chi connectivity index (χ0n) is 21.9. The number of fused-ring (bicyclic) bond motifs is 5. The summed E-state index contributed by atoms with van der Waals surface area (Å²) in [5.74, 6) is -0.569. The number of hydrogen-bond donors (Lipinski definition) is 4. The van der Waals surface area contributed by atoms with Crippen molar-refractivity contribution in [2.24, 2.45) is 52.3 Å². The molecule has 0 spiro atoms. The van der Waals surface area contributed by atoms with Gasteiger partial charge in [-0.3, -0.25) is 4.79 Å². The van der Waals surface area contributed by atoms with Crippen molar-refractivity contribution in [1.82, 2.24) is 0 Å². The van der Waals surface area contributed by atoms with Gasteiger partial charge < -0.3 is 20.4 Å². The van der Waals surface area contributed by atoms with Crippen LogP contribution in [0.2, 0.25) is 0 Å². The summed E-state index contributed by atoms with van der Waals surface area (Å²) in [6.07, 6.45) is 4.40. The van der Waals surface area contributed by atoms with Gasteiger partial charge in [-0.05, 0) is 66.1 Å². The zero-order valence-corrected chi connectivity index (χ0v) is 21.9. The summed E-state index contributed by atoms with van der Waals surface area (Å²) in [7, 11) is 0. The fourth-order valence-electron chi connectivity index (χ4n) is 9.19. The van der Waals surface area contributed by atoms with Crippen molar-refractivity contribution in [1.29, 1.82) is 0 Å². The molecule has 5 heteroatoms. The van der Waals surface area contributed by atoms with E-state index in [4.69, 9.17) is 0 Å². The highest BCUT2D eigenvalue weighted by molar-refractivity contribution is 5.90. The van der Waals surface area contributed by atoms with E-state index in [1.165, 1.54) is 0 Å². The molecule has 192 valence electrons. The van der Waals surface area contributed by atoms with Crippen molar-refractivity contribution in [3.05, 3.63) is 24.3 Å². The van der Waals surface area contributed by atoms with Gasteiger partial charge in [0, 0.05) is 18.3 Å². The fraction of sp³-hybridized carbons (Fsp3) is 0.828. The second-order valence-corrected chi connectivity index (χ2v) is 13.1. The zero-order chi connectivity index (χ0) is 25.4. The average molecular weight is 475 g/mol. The number of allylic oxidation sites excluding steroid dienone is 3. The Labute approximate surface area is 205 Å². The minimum absolute atomic E-state index is 0.163. The van der Waals surface area contributed by atoms with Gasteiger partial charge in [0.1, 0.15) is 5.60 Å². The van der Waals surface area contributed by atoms with Crippen LogP contribution < -0.4 is 0 Å². The van der Waals surface area contributed by atoms with Crippen molar-refractivity contribution in [2.75, 3.05) is 0 Å². The third-order valence-electron chi connectivity index (χ3n) is 11.1. The summed E-state index contributed by atoms with van der Waals surface area (Å²) in [5, 5.41) is 45.1. The smallest absolute Gasteiger partial charge is 0.165 e. The van der Waals surface area contributed by atoms with Crippen LogP contribution in [0.25, 0.3) is 0 Å². The number of Topliss-reactive ketones (excluding diaryl/α,β-unsaturated/α-hetero) is 1. The van der Waals surface area contributed by atoms with Gasteiger partial charge in [-0.25, -0.2) is 0 Å². The van der Waals surface area contributed by atoms with Crippen LogP contribution in [0.3, 0.4) is 0 Å². The number of aliphatic hydroxyl groups excluding tert-OH is 3. The summed E-state index contributed by atoms with van der Waals surface area (Å²) in [6, 6.07) is 0. The molecule has 0 radical (unpaired) electrons. The van der Waals surface area contributed by atoms with Crippen molar-refractivity contribution in [3.8, 4) is 0 Å². The number of ketones is 1. The first kappa shape index (κ1) is 26.1. The molecule has 0 heterocycles. The van der Waals surface area contributed by atoms with Crippen LogP contribution in [-0.2, 0) is 4.79 Å². The molecule has 0 bridgehead atoms. The highest BCUT2D eigenvalue weighted by Gasteiger charge is 2.73. The lowest BCUT2D eigenvalue weighted by Gasteiger charge is -2.66. The quantitative estimate of drug-likeness (QED) is 0.464. The number of carbonyl (C=O) groups is 1. The highest BCUT2D eigenvalue weighted by atomic mass is 16.3. The predicted molar refractivity (Wildman–Crippen MR) is 133 cm³/mol. The van der Waals surface area contributed by atoms with E-state index < -0.39 is 35.2 Å². The van der Waals surface area contributed by atoms with Gasteiger partial charge >= 0.3 is 0 Å². The molecule has 4 rings (SSSR count). The lowest BCUT2D eigenvalue weighted by Crippen LogP contribution is -2.73. The lowest BCUT2D eigenvalue weighted by molar-refractivity contribution is -0.261. The molecule has 5 nitrogen and oxygen atoms in total. The van der Waals surface area contributed by atoms with E-state index in [1.54, 1.807) is 0 Å². The Kier molecular flexibility index (Phi) is 6.54. The SMILES string of the molecule is C=C(/C=C/[C@@H](C)[C@H]1CC[C@@H]2[C@]1(C)C[C@H](O)[C@@H]1[C@@]3(C)C[C@H](O)[C@H](O)[C@@H](C)[C@@H]3CC(=O)[C@@]21O)C(C)C. The van der Waals surface area contributed by atoms with Crippen molar-refractivity contribution in [3.63, 3.8) is 0 Å². The molecule has 4 aliphatic rings. The highest BCUT2D eigenvalue weighted by Crippen LogP contribution is 2.69. The van der Waals surface area contributed by atoms with Crippen molar-refractivity contribution in [2.45, 2.75) is 97.6 Å². The Bertz CT molecular complexity index is 865. The number of carbonyl (C=O) groups excluding carboxylic acids is 1. The second-order valence-electron chi connectivity index (χ2n) is 13.1. The number of aliphatic hydroxyl groups is 4. The van der Waals surface area contributed by atoms with Crippen LogP contribution in [0.5, 0.6) is 0 Å². The Balaban J connectivity index is 1.70. The third-order valence-corrected chi connectivity index (χ3v) is 11.1. The minimum atomic E-state index is -1.60. The van der Waals surface area contributed by atoms with Gasteiger partial charge in [0.15, 0.2) is 5.78 Å². The van der Waals surface area contributed by atoms with Gasteiger partial charge in [0.25, 0.3) is 0 Å². The first-order chi connectivity index (χ1) is 15.7. The molecule has 0 aromatic rings. The molecule has 0 aliphatic heterocycles. The molecule has 0 aromatic heterocycles. The molecule has 4 aliphatic carbocycles. The van der Waals surface area contributed by atoms with Gasteiger partial charge in [0.2, 0.25) is 0 Å². The number of hydrogen-bond acceptors (Lipinski definition) is 5. The number of rotatable bonds is 4. The van der Waals surface area contributed by atoms with Gasteiger partial charge in [-0.2, -0.15) is 0 Å². The Hall–Kier alpha value is -1.01. The van der Waals surface area contributed by atoms with Crippen LogP contribution >= 0.6 is 0 Å². The molecule has 0 unspecified atom stereocenters. The standard InChI is InChI=1S/C29H46O5/c1-15(2)16(3)8-9-17(4)19-10-11-23-27(19,6)14-22(31)26-28(7)13-21(30)25(33)18(5)20(28)12-24(32)29(23,26)34/h8-9,15,17-23,25-26,30-31,33-34H,3,10-14H2,1-2,4-7H3/b9-8+/t17-,18+,19-,20+,21+,22+,23-,25-,26-,27-,28+,29+/m1/s1. The molecule has 0 saturated heterocycles. The Morgan fingerprint density at radius 2 is 1.68 bits per heavy atom. The average Bonchev–Trinajstić information content (AvgIpc) is 3.09. The van der Waals surface area contributed by atoms with Crippen LogP contribution in [0.15, 0.2) is 24.3 Å². The van der Waals surface area contributed by atoms with Crippen LogP contribution in [0.4, 0.5) is 0 Å². The molecule has 34 heavy (non-hydrogen) atoms. The van der Waals surface area contributed by atoms with Crippen LogP contribution in [-0.4, -0.2) is 50.1 Å². The molecule has 0 aromatic carbocycles. The van der Waals surface area contributed by atoms with Crippen LogP contribution in [0.1, 0.15) is 73.6 Å². The maximum absolute atomic E-state index is 13.7. The molecular formula is C29H46O5. The topological polar surface area (TPSA) is 98.0 Å². The summed E-state index contributed by atoms with van der Waals surface area (Å²) in [4.78, 5) is 13.7. The van der Waals surface area contributed by atoms with Gasteiger partial charge in [-0.15, -0.1) is 0 Å². The summed E-state index contributed by atoms with van der Waals surface area (Å²) >= 11 is 0. The molecule has 12 atom stereocenters. The van der Waals surface area contributed by atoms with Crippen molar-refractivity contribution < 1.29 is 25.2 Å². The van der Waals surface area contributed by atoms with E-state index >= 15 is 0 Å². The van der Waals surface area contributed by atoms with Gasteiger partial charge in [0.05, 0.1) is 18.3 Å². The maximum Gasteiger partial charge on any atom is 0.165 e. The summed E-state index contributed by atoms with van der Waals surface area (Å²) in [6.45, 7) is 16.7. The fourth-order valence-corrected chi connectivity index (χ4v) is 9.19. The Morgan fingerprint density at radius 3 is 2.29 bits per heavy atom. The van der Waals surface area contributed by atoms with Crippen molar-refractivity contribution >= 4 is 5.78 Å². The van der Waals surface area contributed by atoms with E-state index in [0.717, 1.165) is 18.4 Å². The van der Waals surface area contributed by atoms with Gasteiger partial charge in [-0.1, -0.05) is 65.8 Å². The molecule has 4 saturated carbocycles. The lowest BCUT2D eigenvalue weighted by atomic mass is 9.40. The Morgan fingerprint density at radius 1 is 1.06 bits per heavy atom. The minimum Gasteiger partial charge on any atom is -0.393 e. The van der Waals surface area contributed by atoms with Crippen LogP contribution in [0, 0.1) is 52.3 Å². The van der Waals surface area contributed by atoms with E-state index in [2.05, 4.69) is 46.4 Å². The maximum atomic E-state index is 13.7. The molecule has 0 amide bonds. The second kappa shape index (κ2) is 8.54. The molecular weight excluding hydrogens is 428 g/mol. The summed E-state index contributed by atoms with van der Waals surface area (Å²) < 4.78 is 0. The first-order valence-corrected chi connectivity index (χ1v) is 13.4. The van der Waals surface area contributed by atoms with E-state index in [1.807, 2.05) is 13.8 Å². The van der Waals surface area contributed by atoms with E-state index in [0.29, 0.717) is 18.8 Å². The summed E-state index contributed by atoms with van der Waals surface area (Å²) in [5.41, 5.74) is -1.48. The largest absolute Gasteiger partial charge is 0.393 e.